The molecule has 0 unspecified atom stereocenters. The summed E-state index contributed by atoms with van der Waals surface area (Å²) in [6.07, 6.45) is 0.433. The van der Waals surface area contributed by atoms with E-state index < -0.39 is 5.97 Å². The zero-order valence-electron chi connectivity index (χ0n) is 14.6. The van der Waals surface area contributed by atoms with Gasteiger partial charge in [0.1, 0.15) is 0 Å². The van der Waals surface area contributed by atoms with Gasteiger partial charge < -0.3 is 5.11 Å². The minimum atomic E-state index is -0.783. The predicted octanol–water partition coefficient (Wildman–Crippen LogP) is 4.47. The molecule has 0 fully saturated rings. The first kappa shape index (κ1) is 30.7. The Kier molecular flexibility index (Phi) is 23.6. The zero-order chi connectivity index (χ0) is 21.2. The van der Waals surface area contributed by atoms with Crippen LogP contribution in [0, 0.1) is 13.8 Å². The Labute approximate surface area is 219 Å². The SMILES string of the molecule is Cc1ccc(CC(=O)Cl)cc1.Cc1ccc(CC(=O)O)cc1.II.I[I-]I. The summed E-state index contributed by atoms with van der Waals surface area (Å²) in [5, 5.41) is 8.12. The zero-order valence-corrected chi connectivity index (χ0v) is 26.1. The molecule has 0 bridgehead atoms. The van der Waals surface area contributed by atoms with Crippen molar-refractivity contribution in [2.45, 2.75) is 26.7 Å². The fourth-order valence-electron chi connectivity index (χ4n) is 1.75. The van der Waals surface area contributed by atoms with Crippen LogP contribution in [0.5, 0.6) is 0 Å². The van der Waals surface area contributed by atoms with E-state index >= 15 is 0 Å². The Bertz CT molecular complexity index is 592. The van der Waals surface area contributed by atoms with Crippen LogP contribution in [0.4, 0.5) is 0 Å². The summed E-state index contributed by atoms with van der Waals surface area (Å²) in [7, 11) is 0. The maximum absolute atomic E-state index is 10.5. The Morgan fingerprint density at radius 3 is 1.41 bits per heavy atom. The maximum atomic E-state index is 10.5. The van der Waals surface area contributed by atoms with E-state index in [1.54, 1.807) is 0 Å². The number of hydrogen-bond donors (Lipinski definition) is 1. The monoisotopic (exact) mass is 953 g/mol. The van der Waals surface area contributed by atoms with Crippen LogP contribution < -0.4 is 13.3 Å². The van der Waals surface area contributed by atoms with Crippen molar-refractivity contribution in [2.75, 3.05) is 0 Å². The number of carbonyl (C=O) groups excluding carboxylic acids is 1. The Morgan fingerprint density at radius 2 is 1.15 bits per heavy atom. The standard InChI is InChI=1S/C9H9ClO.C9H10O2.I3.I2/c2*1-7-2-4-8(5-3-7)6-9(10)11;1-3-2;1-2/h2-5H,6H2,1H3;2-5H,6H2,1H3,(H,10,11);;/q;;-1;. The number of rotatable bonds is 4. The summed E-state index contributed by atoms with van der Waals surface area (Å²) in [6.45, 7) is 3.98. The average molecular weight is 953 g/mol. The van der Waals surface area contributed by atoms with Gasteiger partial charge in [-0.1, -0.05) is 59.7 Å². The second kappa shape index (κ2) is 20.8. The number of aliphatic carboxylic acids is 1. The number of hydrogen-bond acceptors (Lipinski definition) is 2. The van der Waals surface area contributed by atoms with Gasteiger partial charge in [0.05, 0.1) is 6.42 Å². The number of benzene rings is 2. The van der Waals surface area contributed by atoms with E-state index in [9.17, 15) is 9.59 Å². The molecule has 2 aromatic carbocycles. The van der Waals surface area contributed by atoms with Crippen LogP contribution in [0.1, 0.15) is 22.3 Å². The third kappa shape index (κ3) is 20.6. The van der Waals surface area contributed by atoms with Crippen molar-refractivity contribution in [2.24, 2.45) is 0 Å². The molecule has 0 saturated carbocycles. The molecule has 2 aromatic rings. The molecule has 0 heterocycles. The van der Waals surface area contributed by atoms with Gasteiger partial charge in [0.2, 0.25) is 5.24 Å². The molecule has 152 valence electrons. The molecule has 27 heavy (non-hydrogen) atoms. The number of halogens is 6. The second-order valence-electron chi connectivity index (χ2n) is 5.13. The van der Waals surface area contributed by atoms with Crippen molar-refractivity contribution in [3.05, 3.63) is 70.8 Å². The number of carboxylic acids is 1. The van der Waals surface area contributed by atoms with Gasteiger partial charge in [-0.2, -0.15) is 0 Å². The van der Waals surface area contributed by atoms with Crippen molar-refractivity contribution in [3.8, 4) is 0 Å². The molecule has 0 spiro atoms. The van der Waals surface area contributed by atoms with Crippen LogP contribution in [0.3, 0.4) is 0 Å². The van der Waals surface area contributed by atoms with Crippen molar-refractivity contribution >= 4 is 97.3 Å². The molecule has 0 aromatic heterocycles. The van der Waals surface area contributed by atoms with Crippen LogP contribution >= 0.6 is 86.1 Å². The van der Waals surface area contributed by atoms with Gasteiger partial charge in [0.15, 0.2) is 0 Å². The van der Waals surface area contributed by atoms with Gasteiger partial charge in [-0.3, -0.25) is 9.59 Å². The van der Waals surface area contributed by atoms with E-state index in [1.165, 1.54) is 5.56 Å². The van der Waals surface area contributed by atoms with Gasteiger partial charge in [-0.15, -0.1) is 0 Å². The molecule has 0 radical (unpaired) electrons. The normalized spacial score (nSPS) is 8.85. The molecule has 9 heteroatoms. The van der Waals surface area contributed by atoms with Gasteiger partial charge in [-0.25, -0.2) is 0 Å². The Hall–Kier alpha value is 1.52. The van der Waals surface area contributed by atoms with E-state index in [-0.39, 0.29) is 11.7 Å². The Balaban J connectivity index is 0. The third-order valence-corrected chi connectivity index (χ3v) is 3.07. The molecule has 0 aliphatic rings. The van der Waals surface area contributed by atoms with E-state index in [1.807, 2.05) is 62.4 Å². The molecule has 3 nitrogen and oxygen atoms in total. The molecule has 0 saturated heterocycles. The summed E-state index contributed by atoms with van der Waals surface area (Å²) in [5.41, 5.74) is 4.16. The van der Waals surface area contributed by atoms with E-state index in [0.717, 1.165) is 16.7 Å². The van der Waals surface area contributed by atoms with Crippen molar-refractivity contribution < 1.29 is 28.0 Å². The number of aryl methyl sites for hydroxylation is 2. The summed E-state index contributed by atoms with van der Waals surface area (Å²) < 4.78 is 0. The Morgan fingerprint density at radius 1 is 0.852 bits per heavy atom. The molecule has 0 amide bonds. The van der Waals surface area contributed by atoms with Crippen LogP contribution in [-0.4, -0.2) is 16.3 Å². The number of carboxylic acid groups (broad SMARTS) is 1. The predicted molar refractivity (Wildman–Crippen MR) is 144 cm³/mol. The summed E-state index contributed by atoms with van der Waals surface area (Å²) in [4.78, 5) is 20.7. The van der Waals surface area contributed by atoms with Crippen molar-refractivity contribution in [1.29, 1.82) is 0 Å². The first-order valence-electron chi connectivity index (χ1n) is 7.31. The molecular formula is C18H19ClI5O3-. The second-order valence-corrected chi connectivity index (χ2v) is 21.8. The quantitative estimate of drug-likeness (QED) is 0.364. The van der Waals surface area contributed by atoms with Crippen LogP contribution in [0.25, 0.3) is 0 Å². The van der Waals surface area contributed by atoms with E-state index in [4.69, 9.17) is 16.7 Å². The van der Waals surface area contributed by atoms with Gasteiger partial charge in [0, 0.05) is 43.7 Å². The van der Waals surface area contributed by atoms with Gasteiger partial charge in [-0.05, 0) is 36.6 Å². The average Bonchev–Trinajstić information content (AvgIpc) is 2.61. The van der Waals surface area contributed by atoms with Gasteiger partial charge >= 0.3 is 56.5 Å². The molecule has 0 atom stereocenters. The molecule has 0 aliphatic carbocycles. The van der Waals surface area contributed by atoms with Crippen molar-refractivity contribution in [1.82, 2.24) is 0 Å². The molecule has 0 aliphatic heterocycles. The van der Waals surface area contributed by atoms with E-state index in [0.29, 0.717) is 19.7 Å². The fraction of sp³-hybridized carbons (Fsp3) is 0.222. The van der Waals surface area contributed by atoms with E-state index in [2.05, 4.69) is 74.5 Å². The number of carbonyl (C=O) groups is 2. The van der Waals surface area contributed by atoms with Crippen LogP contribution in [-0.2, 0) is 22.4 Å². The van der Waals surface area contributed by atoms with Crippen LogP contribution in [0.2, 0.25) is 0 Å². The summed E-state index contributed by atoms with van der Waals surface area (Å²) in [6, 6.07) is 15.3. The minimum absolute atomic E-state index is 0.111. The summed E-state index contributed by atoms with van der Waals surface area (Å²) in [5.74, 6) is -0.783. The molecule has 1 N–H and O–H groups in total. The third-order valence-electron chi connectivity index (χ3n) is 2.94. The molecular weight excluding hydrogens is 934 g/mol. The van der Waals surface area contributed by atoms with Crippen LogP contribution in [0.15, 0.2) is 48.5 Å². The summed E-state index contributed by atoms with van der Waals surface area (Å²) >= 11 is 14.8. The first-order valence-corrected chi connectivity index (χ1v) is 26.5. The molecule has 2 rings (SSSR count). The topological polar surface area (TPSA) is 54.4 Å². The first-order chi connectivity index (χ1) is 12.8. The van der Waals surface area contributed by atoms with Crippen molar-refractivity contribution in [3.63, 3.8) is 0 Å². The fourth-order valence-corrected chi connectivity index (χ4v) is 1.90. The van der Waals surface area contributed by atoms with Gasteiger partial charge in [0.25, 0.3) is 0 Å².